The molecule has 3 aromatic rings. The highest BCUT2D eigenvalue weighted by molar-refractivity contribution is 5.94. The standard InChI is InChI=1S/C28H31N3O5/c1-17-14-20(18(2)29-22-7-5-4-6-19(22)26(33)34)25-21(15-17)23(32)16-24(36-25)31-12-9-28(10-13-31)8-11-30(3)27(28)35/h4-7,14-16,18,29H,8-13H2,1-3H3,(H,33,34). The van der Waals surface area contributed by atoms with E-state index in [1.165, 1.54) is 0 Å². The Labute approximate surface area is 209 Å². The minimum atomic E-state index is -1.01. The number of benzene rings is 2. The Bertz CT molecular complexity index is 1400. The van der Waals surface area contributed by atoms with Gasteiger partial charge in [0.25, 0.3) is 0 Å². The molecule has 8 nitrogen and oxygen atoms in total. The lowest BCUT2D eigenvalue weighted by Crippen LogP contribution is -2.44. The fourth-order valence-electron chi connectivity index (χ4n) is 5.62. The lowest BCUT2D eigenvalue weighted by molar-refractivity contribution is -0.135. The molecule has 1 spiro atoms. The largest absolute Gasteiger partial charge is 0.478 e. The van der Waals surface area contributed by atoms with Crippen LogP contribution in [0, 0.1) is 12.3 Å². The highest BCUT2D eigenvalue weighted by Crippen LogP contribution is 2.42. The Kier molecular flexibility index (Phi) is 5.98. The number of carbonyl (C=O) groups is 2. The summed E-state index contributed by atoms with van der Waals surface area (Å²) < 4.78 is 6.38. The van der Waals surface area contributed by atoms with Gasteiger partial charge in [0, 0.05) is 44.0 Å². The molecule has 2 saturated heterocycles. The van der Waals surface area contributed by atoms with Gasteiger partial charge in [-0.2, -0.15) is 0 Å². The van der Waals surface area contributed by atoms with Crippen molar-refractivity contribution in [3.05, 3.63) is 69.4 Å². The molecule has 2 aliphatic rings. The van der Waals surface area contributed by atoms with E-state index in [2.05, 4.69) is 10.2 Å². The second-order valence-corrected chi connectivity index (χ2v) is 10.1. The third kappa shape index (κ3) is 4.10. The summed E-state index contributed by atoms with van der Waals surface area (Å²) in [5.74, 6) is -0.283. The van der Waals surface area contributed by atoms with E-state index in [9.17, 15) is 19.5 Å². The van der Waals surface area contributed by atoms with Gasteiger partial charge in [-0.25, -0.2) is 4.79 Å². The van der Waals surface area contributed by atoms with Crippen LogP contribution in [0.5, 0.6) is 0 Å². The quantitative estimate of drug-likeness (QED) is 0.547. The lowest BCUT2D eigenvalue weighted by atomic mass is 9.77. The monoisotopic (exact) mass is 489 g/mol. The Morgan fingerprint density at radius 1 is 1.08 bits per heavy atom. The molecular formula is C28H31N3O5. The molecule has 2 N–H and O–H groups in total. The van der Waals surface area contributed by atoms with Crippen LogP contribution in [0.4, 0.5) is 11.6 Å². The van der Waals surface area contributed by atoms with Gasteiger partial charge in [-0.1, -0.05) is 18.2 Å². The van der Waals surface area contributed by atoms with Crippen LogP contribution in [-0.4, -0.2) is 48.6 Å². The summed E-state index contributed by atoms with van der Waals surface area (Å²) in [4.78, 5) is 41.4. The van der Waals surface area contributed by atoms with E-state index in [4.69, 9.17) is 4.42 Å². The van der Waals surface area contributed by atoms with Crippen molar-refractivity contribution in [3.8, 4) is 0 Å². The van der Waals surface area contributed by atoms with Gasteiger partial charge in [0.15, 0.2) is 11.3 Å². The molecule has 3 heterocycles. The molecule has 0 saturated carbocycles. The third-order valence-corrected chi connectivity index (χ3v) is 7.74. The van der Waals surface area contributed by atoms with Crippen molar-refractivity contribution < 1.29 is 19.1 Å². The number of nitrogens with one attached hydrogen (secondary N) is 1. The van der Waals surface area contributed by atoms with Gasteiger partial charge in [0.2, 0.25) is 5.91 Å². The molecule has 2 fully saturated rings. The summed E-state index contributed by atoms with van der Waals surface area (Å²) in [6, 6.07) is 11.8. The van der Waals surface area contributed by atoms with E-state index < -0.39 is 5.97 Å². The molecule has 36 heavy (non-hydrogen) atoms. The lowest BCUT2D eigenvalue weighted by Gasteiger charge is -2.38. The van der Waals surface area contributed by atoms with Crippen LogP contribution in [0.2, 0.25) is 0 Å². The SMILES string of the molecule is Cc1cc(C(C)Nc2ccccc2C(=O)O)c2oc(N3CCC4(CCN(C)C4=O)CC3)cc(=O)c2c1. The number of carboxylic acid groups (broad SMARTS) is 1. The first-order valence-electron chi connectivity index (χ1n) is 12.4. The molecule has 8 heteroatoms. The number of carbonyl (C=O) groups excluding carboxylic acids is 1. The molecule has 1 amide bonds. The number of nitrogens with zero attached hydrogens (tertiary/aromatic N) is 2. The van der Waals surface area contributed by atoms with Crippen molar-refractivity contribution in [2.75, 3.05) is 36.9 Å². The number of hydrogen-bond acceptors (Lipinski definition) is 6. The maximum absolute atomic E-state index is 13.2. The zero-order valence-electron chi connectivity index (χ0n) is 20.8. The van der Waals surface area contributed by atoms with Gasteiger partial charge >= 0.3 is 5.97 Å². The first-order chi connectivity index (χ1) is 17.2. The summed E-state index contributed by atoms with van der Waals surface area (Å²) in [5, 5.41) is 13.3. The third-order valence-electron chi connectivity index (χ3n) is 7.74. The van der Waals surface area contributed by atoms with E-state index in [0.29, 0.717) is 35.6 Å². The molecule has 0 radical (unpaired) electrons. The number of amides is 1. The second-order valence-electron chi connectivity index (χ2n) is 10.1. The number of para-hydroxylation sites is 1. The first-order valence-corrected chi connectivity index (χ1v) is 12.4. The number of piperidine rings is 1. The zero-order chi connectivity index (χ0) is 25.6. The highest BCUT2D eigenvalue weighted by Gasteiger charge is 2.47. The molecule has 5 rings (SSSR count). The highest BCUT2D eigenvalue weighted by atomic mass is 16.4. The minimum Gasteiger partial charge on any atom is -0.478 e. The van der Waals surface area contributed by atoms with Crippen molar-refractivity contribution in [3.63, 3.8) is 0 Å². The smallest absolute Gasteiger partial charge is 0.337 e. The number of hydrogen-bond donors (Lipinski definition) is 2. The first kappa shape index (κ1) is 23.9. The fourth-order valence-corrected chi connectivity index (χ4v) is 5.62. The Morgan fingerprint density at radius 2 is 1.78 bits per heavy atom. The predicted octanol–water partition coefficient (Wildman–Crippen LogP) is 4.42. The van der Waals surface area contributed by atoms with Crippen molar-refractivity contribution in [2.24, 2.45) is 5.41 Å². The molecule has 1 unspecified atom stereocenters. The van der Waals surface area contributed by atoms with E-state index in [1.54, 1.807) is 30.3 Å². The number of carboxylic acids is 1. The Balaban J connectivity index is 1.48. The van der Waals surface area contributed by atoms with E-state index in [-0.39, 0.29) is 28.4 Å². The average molecular weight is 490 g/mol. The normalized spacial score (nSPS) is 18.1. The van der Waals surface area contributed by atoms with E-state index in [1.807, 2.05) is 37.9 Å². The van der Waals surface area contributed by atoms with Crippen LogP contribution in [0.3, 0.4) is 0 Å². The molecule has 2 aliphatic heterocycles. The topological polar surface area (TPSA) is 103 Å². The summed E-state index contributed by atoms with van der Waals surface area (Å²) in [6.45, 7) is 5.94. The van der Waals surface area contributed by atoms with Crippen LogP contribution >= 0.6 is 0 Å². The van der Waals surface area contributed by atoms with Crippen LogP contribution < -0.4 is 15.6 Å². The zero-order valence-corrected chi connectivity index (χ0v) is 20.8. The van der Waals surface area contributed by atoms with Gasteiger partial charge in [-0.05, 0) is 56.9 Å². The van der Waals surface area contributed by atoms with E-state index in [0.717, 1.165) is 36.9 Å². The number of anilines is 2. The molecule has 1 aromatic heterocycles. The van der Waals surface area contributed by atoms with E-state index >= 15 is 0 Å². The van der Waals surface area contributed by atoms with Gasteiger partial charge in [0.1, 0.15) is 5.58 Å². The maximum atomic E-state index is 13.2. The maximum Gasteiger partial charge on any atom is 0.337 e. The molecule has 2 aromatic carbocycles. The van der Waals surface area contributed by atoms with Gasteiger partial charge in [-0.15, -0.1) is 0 Å². The molecule has 0 bridgehead atoms. The number of likely N-dealkylation sites (tertiary alicyclic amines) is 1. The van der Waals surface area contributed by atoms with Crippen molar-refractivity contribution in [1.29, 1.82) is 0 Å². The fraction of sp³-hybridized carbons (Fsp3) is 0.393. The molecule has 1 atom stereocenters. The summed E-state index contributed by atoms with van der Waals surface area (Å²) in [6.07, 6.45) is 2.35. The van der Waals surface area contributed by atoms with Gasteiger partial charge in [0.05, 0.1) is 22.4 Å². The Hall–Kier alpha value is -3.81. The van der Waals surface area contributed by atoms with Crippen LogP contribution in [-0.2, 0) is 4.79 Å². The number of aryl methyl sites for hydroxylation is 1. The van der Waals surface area contributed by atoms with Crippen molar-refractivity contribution in [1.82, 2.24) is 4.90 Å². The average Bonchev–Trinajstić information content (AvgIpc) is 3.13. The summed E-state index contributed by atoms with van der Waals surface area (Å²) >= 11 is 0. The number of fused-ring (bicyclic) bond motifs is 1. The second kappa shape index (κ2) is 9.00. The molecule has 188 valence electrons. The number of rotatable bonds is 5. The number of aromatic carboxylic acids is 1. The molecule has 0 aliphatic carbocycles. The van der Waals surface area contributed by atoms with Crippen molar-refractivity contribution in [2.45, 2.75) is 39.2 Å². The Morgan fingerprint density at radius 3 is 2.44 bits per heavy atom. The van der Waals surface area contributed by atoms with Gasteiger partial charge < -0.3 is 24.6 Å². The summed E-state index contributed by atoms with van der Waals surface area (Å²) in [5.41, 5.74) is 2.46. The van der Waals surface area contributed by atoms with Crippen molar-refractivity contribution >= 4 is 34.4 Å². The summed E-state index contributed by atoms with van der Waals surface area (Å²) in [7, 11) is 1.86. The minimum absolute atomic E-state index is 0.119. The van der Waals surface area contributed by atoms with Gasteiger partial charge in [-0.3, -0.25) is 9.59 Å². The van der Waals surface area contributed by atoms with Crippen LogP contribution in [0.1, 0.15) is 53.7 Å². The van der Waals surface area contributed by atoms with Crippen LogP contribution in [0.15, 0.2) is 51.7 Å². The van der Waals surface area contributed by atoms with Crippen LogP contribution in [0.25, 0.3) is 11.0 Å². The molecular weight excluding hydrogens is 458 g/mol. The predicted molar refractivity (Wildman–Crippen MR) is 139 cm³/mol.